The molecule has 5 rings (SSSR count). The highest BCUT2D eigenvalue weighted by molar-refractivity contribution is 6.08. The summed E-state index contributed by atoms with van der Waals surface area (Å²) in [4.78, 5) is 27.6. The average Bonchev–Trinajstić information content (AvgIpc) is 3.37. The molecular weight excluding hydrogens is 437 g/mol. The van der Waals surface area contributed by atoms with Gasteiger partial charge >= 0.3 is 0 Å². The molecule has 0 bridgehead atoms. The number of hydrogen-bond donors (Lipinski definition) is 0. The van der Waals surface area contributed by atoms with E-state index in [2.05, 4.69) is 16.8 Å². The van der Waals surface area contributed by atoms with E-state index in [1.54, 1.807) is 48.3 Å². The minimum atomic E-state index is -0.818. The lowest BCUT2D eigenvalue weighted by molar-refractivity contribution is -0.125. The van der Waals surface area contributed by atoms with Crippen LogP contribution >= 0.6 is 0 Å². The Morgan fingerprint density at radius 3 is 2.62 bits per heavy atom. The first kappa shape index (κ1) is 21.8. The summed E-state index contributed by atoms with van der Waals surface area (Å²) in [5.41, 5.74) is 1.06. The summed E-state index contributed by atoms with van der Waals surface area (Å²) in [5.74, 6) is -0.589. The van der Waals surface area contributed by atoms with Crippen molar-refractivity contribution in [1.82, 2.24) is 19.6 Å². The van der Waals surface area contributed by atoms with Crippen LogP contribution in [-0.4, -0.2) is 39.6 Å². The average molecular weight is 461 g/mol. The molecule has 1 spiro atoms. The molecule has 1 amide bonds. The van der Waals surface area contributed by atoms with E-state index in [0.29, 0.717) is 29.8 Å². The molecule has 2 aliphatic rings. The number of hydrogen-bond acceptors (Lipinski definition) is 5. The minimum absolute atomic E-state index is 0.00885. The highest BCUT2D eigenvalue weighted by Gasteiger charge is 2.55. The molecule has 1 saturated carbocycles. The number of aromatic nitrogens is 4. The molecule has 0 N–H and O–H groups in total. The zero-order valence-corrected chi connectivity index (χ0v) is 19.2. The van der Waals surface area contributed by atoms with Crippen molar-refractivity contribution in [1.29, 1.82) is 0 Å². The lowest BCUT2D eigenvalue weighted by atomic mass is 9.65. The topological polar surface area (TPSA) is 82.2 Å². The SMILES string of the molecule is C=C/C=C(\C)n1nccc1-c1nn(-c2ccc3c(c2F)C2(CCC2)C(=O)N3C)cc(OC)c1=O. The van der Waals surface area contributed by atoms with Crippen LogP contribution in [-0.2, 0) is 10.2 Å². The van der Waals surface area contributed by atoms with Gasteiger partial charge in [-0.2, -0.15) is 10.2 Å². The van der Waals surface area contributed by atoms with Gasteiger partial charge in [0.2, 0.25) is 5.91 Å². The number of anilines is 1. The number of carbonyl (C=O) groups is 1. The third kappa shape index (κ3) is 2.89. The maximum Gasteiger partial charge on any atom is 0.251 e. The number of ether oxygens (including phenoxy) is 1. The normalized spacial score (nSPS) is 16.5. The van der Waals surface area contributed by atoms with E-state index in [9.17, 15) is 9.59 Å². The van der Waals surface area contributed by atoms with Crippen LogP contribution in [0.5, 0.6) is 5.75 Å². The molecule has 1 aliphatic heterocycles. The molecule has 0 radical (unpaired) electrons. The first-order chi connectivity index (χ1) is 16.3. The standard InChI is InChI=1S/C25H24FN5O3/c1-5-7-15(2)31-18(10-13-27-31)22-23(32)19(34-4)14-30(28-22)17-9-8-16-20(21(17)26)25(11-6-12-25)24(33)29(16)3/h5,7-10,13-14H,1,6,11-12H2,2-4H3/b15-7+. The van der Waals surface area contributed by atoms with Crippen molar-refractivity contribution < 1.29 is 13.9 Å². The summed E-state index contributed by atoms with van der Waals surface area (Å²) in [6, 6.07) is 4.95. The van der Waals surface area contributed by atoms with E-state index in [1.807, 2.05) is 6.92 Å². The number of benzene rings is 1. The molecule has 0 atom stereocenters. The third-order valence-electron chi connectivity index (χ3n) is 6.79. The smallest absolute Gasteiger partial charge is 0.251 e. The van der Waals surface area contributed by atoms with Crippen molar-refractivity contribution in [3.05, 3.63) is 70.9 Å². The van der Waals surface area contributed by atoms with Gasteiger partial charge in [-0.3, -0.25) is 9.59 Å². The van der Waals surface area contributed by atoms with E-state index >= 15 is 4.39 Å². The minimum Gasteiger partial charge on any atom is -0.491 e. The van der Waals surface area contributed by atoms with Crippen LogP contribution in [0.25, 0.3) is 22.8 Å². The molecule has 1 aromatic carbocycles. The fraction of sp³-hybridized carbons (Fsp3) is 0.280. The van der Waals surface area contributed by atoms with Gasteiger partial charge in [0.1, 0.15) is 5.69 Å². The van der Waals surface area contributed by atoms with Gasteiger partial charge in [0.15, 0.2) is 17.3 Å². The molecule has 2 aromatic heterocycles. The molecule has 0 saturated heterocycles. The van der Waals surface area contributed by atoms with E-state index in [-0.39, 0.29) is 23.0 Å². The number of halogens is 1. The summed E-state index contributed by atoms with van der Waals surface area (Å²) in [5, 5.41) is 8.77. The summed E-state index contributed by atoms with van der Waals surface area (Å²) in [6.07, 6.45) is 8.38. The van der Waals surface area contributed by atoms with Gasteiger partial charge in [-0.15, -0.1) is 0 Å². The Hall–Kier alpha value is -4.01. The van der Waals surface area contributed by atoms with Crippen LogP contribution in [0.1, 0.15) is 31.7 Å². The van der Waals surface area contributed by atoms with Crippen molar-refractivity contribution in [2.24, 2.45) is 0 Å². The predicted octanol–water partition coefficient (Wildman–Crippen LogP) is 3.69. The molecule has 8 nitrogen and oxygen atoms in total. The maximum absolute atomic E-state index is 16.0. The van der Waals surface area contributed by atoms with Gasteiger partial charge in [0, 0.05) is 18.3 Å². The van der Waals surface area contributed by atoms with Gasteiger partial charge in [-0.25, -0.2) is 13.8 Å². The zero-order valence-electron chi connectivity index (χ0n) is 19.2. The molecule has 1 fully saturated rings. The van der Waals surface area contributed by atoms with Crippen molar-refractivity contribution in [3.8, 4) is 22.8 Å². The Labute approximate surface area is 195 Å². The maximum atomic E-state index is 16.0. The predicted molar refractivity (Wildman–Crippen MR) is 127 cm³/mol. The second kappa shape index (κ2) is 7.79. The monoisotopic (exact) mass is 461 g/mol. The van der Waals surface area contributed by atoms with Crippen molar-refractivity contribution in [2.75, 3.05) is 19.1 Å². The van der Waals surface area contributed by atoms with E-state index in [4.69, 9.17) is 4.74 Å². The molecule has 174 valence electrons. The molecule has 34 heavy (non-hydrogen) atoms. The number of fused-ring (bicyclic) bond motifs is 2. The number of methoxy groups -OCH3 is 1. The summed E-state index contributed by atoms with van der Waals surface area (Å²) < 4.78 is 24.2. The van der Waals surface area contributed by atoms with Crippen LogP contribution < -0.4 is 15.1 Å². The highest BCUT2D eigenvalue weighted by atomic mass is 19.1. The van der Waals surface area contributed by atoms with Gasteiger partial charge in [0.05, 0.1) is 36.3 Å². The Morgan fingerprint density at radius 2 is 1.97 bits per heavy atom. The van der Waals surface area contributed by atoms with Gasteiger partial charge in [-0.1, -0.05) is 19.1 Å². The second-order valence-electron chi connectivity index (χ2n) is 8.58. The van der Waals surface area contributed by atoms with Crippen LogP contribution in [0.3, 0.4) is 0 Å². The fourth-order valence-corrected chi connectivity index (χ4v) is 4.91. The first-order valence-electron chi connectivity index (χ1n) is 11.0. The van der Waals surface area contributed by atoms with E-state index in [0.717, 1.165) is 12.1 Å². The molecule has 0 unspecified atom stereocenters. The number of nitrogens with zero attached hydrogens (tertiary/aromatic N) is 5. The molecular formula is C25H24FN5O3. The second-order valence-corrected chi connectivity index (χ2v) is 8.58. The Kier molecular flexibility index (Phi) is 5.00. The quantitative estimate of drug-likeness (QED) is 0.542. The number of likely N-dealkylation sites (N-methyl/N-ethyl adjacent to an activating group) is 1. The van der Waals surface area contributed by atoms with Crippen molar-refractivity contribution in [2.45, 2.75) is 31.6 Å². The third-order valence-corrected chi connectivity index (χ3v) is 6.79. The van der Waals surface area contributed by atoms with E-state index in [1.165, 1.54) is 22.9 Å². The van der Waals surface area contributed by atoms with Crippen molar-refractivity contribution >= 4 is 17.3 Å². The van der Waals surface area contributed by atoms with E-state index < -0.39 is 16.7 Å². The molecule has 3 heterocycles. The summed E-state index contributed by atoms with van der Waals surface area (Å²) in [6.45, 7) is 5.52. The van der Waals surface area contributed by atoms with Crippen LogP contribution in [0.2, 0.25) is 0 Å². The van der Waals surface area contributed by atoms with Crippen molar-refractivity contribution in [3.63, 3.8) is 0 Å². The Balaban J connectivity index is 1.72. The number of rotatable bonds is 5. The lowest BCUT2D eigenvalue weighted by Crippen LogP contribution is -2.44. The van der Waals surface area contributed by atoms with Gasteiger partial charge in [-0.05, 0) is 44.0 Å². The number of amides is 1. The fourth-order valence-electron chi connectivity index (χ4n) is 4.91. The molecule has 9 heteroatoms. The number of carbonyl (C=O) groups excluding carboxylic acids is 1. The van der Waals surface area contributed by atoms with Gasteiger partial charge < -0.3 is 9.64 Å². The largest absolute Gasteiger partial charge is 0.491 e. The van der Waals surface area contributed by atoms with Crippen LogP contribution in [0.15, 0.2) is 54.1 Å². The van der Waals surface area contributed by atoms with Crippen LogP contribution in [0, 0.1) is 5.82 Å². The Bertz CT molecular complexity index is 1430. The summed E-state index contributed by atoms with van der Waals surface area (Å²) >= 11 is 0. The Morgan fingerprint density at radius 1 is 1.24 bits per heavy atom. The lowest BCUT2D eigenvalue weighted by Gasteiger charge is -2.36. The zero-order chi connectivity index (χ0) is 24.2. The first-order valence-corrected chi connectivity index (χ1v) is 11.0. The van der Waals surface area contributed by atoms with Gasteiger partial charge in [0.25, 0.3) is 5.43 Å². The number of allylic oxidation sites excluding steroid dienone is 3. The highest BCUT2D eigenvalue weighted by Crippen LogP contribution is 2.54. The molecule has 1 aliphatic carbocycles. The molecule has 3 aromatic rings. The summed E-state index contributed by atoms with van der Waals surface area (Å²) in [7, 11) is 3.05. The van der Waals surface area contributed by atoms with Crippen LogP contribution in [0.4, 0.5) is 10.1 Å².